The summed E-state index contributed by atoms with van der Waals surface area (Å²) < 4.78 is 5.79. The van der Waals surface area contributed by atoms with Crippen LogP contribution in [0.2, 0.25) is 0 Å². The smallest absolute Gasteiger partial charge is 0.259 e. The number of amides is 1. The van der Waals surface area contributed by atoms with Crippen molar-refractivity contribution in [3.63, 3.8) is 0 Å². The van der Waals surface area contributed by atoms with Crippen molar-refractivity contribution in [1.29, 1.82) is 0 Å². The lowest BCUT2D eigenvalue weighted by atomic mass is 9.95. The number of aliphatic hydroxyl groups is 1. The van der Waals surface area contributed by atoms with Gasteiger partial charge in [0.2, 0.25) is 0 Å². The highest BCUT2D eigenvalue weighted by Crippen LogP contribution is 2.47. The van der Waals surface area contributed by atoms with Crippen molar-refractivity contribution in [3.8, 4) is 0 Å². The van der Waals surface area contributed by atoms with E-state index in [9.17, 15) is 9.90 Å². The first-order valence-electron chi connectivity index (χ1n) is 10.3. The molecule has 0 aliphatic carbocycles. The van der Waals surface area contributed by atoms with Crippen LogP contribution < -0.4 is 15.5 Å². The van der Waals surface area contributed by atoms with Gasteiger partial charge in [-0.1, -0.05) is 36.9 Å². The summed E-state index contributed by atoms with van der Waals surface area (Å²) in [5.41, 5.74) is 2.85. The number of rotatable bonds is 4. The molecule has 0 saturated heterocycles. The second kappa shape index (κ2) is 8.06. The number of para-hydroxylation sites is 2. The van der Waals surface area contributed by atoms with Crippen LogP contribution in [0, 0.1) is 0 Å². The van der Waals surface area contributed by atoms with Gasteiger partial charge in [-0.25, -0.2) is 0 Å². The van der Waals surface area contributed by atoms with Gasteiger partial charge in [0.1, 0.15) is 18.0 Å². The van der Waals surface area contributed by atoms with E-state index in [4.69, 9.17) is 4.42 Å². The molecule has 2 unspecified atom stereocenters. The summed E-state index contributed by atoms with van der Waals surface area (Å²) in [5, 5.41) is 17.7. The molecule has 1 aromatic heterocycles. The van der Waals surface area contributed by atoms with E-state index in [-0.39, 0.29) is 5.91 Å². The molecular formula is C25H27N3O3. The van der Waals surface area contributed by atoms with Crippen LogP contribution in [0.1, 0.15) is 32.6 Å². The minimum atomic E-state index is -0.955. The Balaban J connectivity index is 2.01. The number of carbonyl (C=O) groups is 1. The average molecular weight is 418 g/mol. The molecule has 0 bridgehead atoms. The molecule has 2 aliphatic heterocycles. The Labute approximate surface area is 182 Å². The van der Waals surface area contributed by atoms with Gasteiger partial charge in [0.25, 0.3) is 5.91 Å². The molecule has 2 aliphatic rings. The van der Waals surface area contributed by atoms with Crippen molar-refractivity contribution < 1.29 is 14.3 Å². The number of allylic oxidation sites excluding steroid dienone is 3. The fourth-order valence-electron chi connectivity index (χ4n) is 4.23. The van der Waals surface area contributed by atoms with Crippen molar-refractivity contribution >= 4 is 17.3 Å². The van der Waals surface area contributed by atoms with Crippen LogP contribution in [0.5, 0.6) is 0 Å². The summed E-state index contributed by atoms with van der Waals surface area (Å²) >= 11 is 0. The number of aliphatic hydroxyl groups excluding tert-OH is 1. The van der Waals surface area contributed by atoms with E-state index < -0.39 is 17.8 Å². The fraction of sp³-hybridized carbons (Fsp3) is 0.240. The van der Waals surface area contributed by atoms with E-state index in [1.165, 1.54) is 0 Å². The second-order valence-corrected chi connectivity index (χ2v) is 8.09. The van der Waals surface area contributed by atoms with E-state index in [2.05, 4.69) is 17.2 Å². The van der Waals surface area contributed by atoms with E-state index >= 15 is 0 Å². The Morgan fingerprint density at radius 3 is 2.71 bits per heavy atom. The van der Waals surface area contributed by atoms with E-state index in [0.717, 1.165) is 11.4 Å². The largest absolute Gasteiger partial charge is 0.467 e. The van der Waals surface area contributed by atoms with Crippen molar-refractivity contribution in [3.05, 3.63) is 96.1 Å². The van der Waals surface area contributed by atoms with Crippen LogP contribution in [0.4, 0.5) is 11.4 Å². The highest BCUT2D eigenvalue weighted by Gasteiger charge is 2.48. The lowest BCUT2D eigenvalue weighted by Gasteiger charge is -2.32. The summed E-state index contributed by atoms with van der Waals surface area (Å²) in [6.45, 7) is 9.71. The lowest BCUT2D eigenvalue weighted by molar-refractivity contribution is -0.115. The molecule has 0 saturated carbocycles. The number of carbonyl (C=O) groups excluding carboxylic acids is 1. The third-order valence-corrected chi connectivity index (χ3v) is 5.65. The van der Waals surface area contributed by atoms with E-state index in [1.54, 1.807) is 35.5 Å². The summed E-state index contributed by atoms with van der Waals surface area (Å²) in [7, 11) is 0. The minimum Gasteiger partial charge on any atom is -0.467 e. The quantitative estimate of drug-likeness (QED) is 0.507. The second-order valence-electron chi connectivity index (χ2n) is 8.09. The lowest BCUT2D eigenvalue weighted by Crippen LogP contribution is -2.44. The summed E-state index contributed by atoms with van der Waals surface area (Å²) in [4.78, 5) is 15.5. The van der Waals surface area contributed by atoms with Crippen LogP contribution in [-0.2, 0) is 4.79 Å². The summed E-state index contributed by atoms with van der Waals surface area (Å²) in [5.74, 6) is 0.321. The Morgan fingerprint density at radius 1 is 1.26 bits per heavy atom. The first-order valence-corrected chi connectivity index (χ1v) is 10.3. The van der Waals surface area contributed by atoms with Crippen molar-refractivity contribution in [2.45, 2.75) is 38.6 Å². The molecule has 0 fully saturated rings. The van der Waals surface area contributed by atoms with Gasteiger partial charge in [-0.15, -0.1) is 0 Å². The normalized spacial score (nSPS) is 22.7. The Hall–Kier alpha value is -3.35. The highest BCUT2D eigenvalue weighted by atomic mass is 16.3. The first kappa shape index (κ1) is 20.9. The zero-order valence-electron chi connectivity index (χ0n) is 17.9. The molecule has 1 aromatic carbocycles. The molecule has 2 aromatic rings. The number of nitrogens with one attached hydrogen (secondary N) is 2. The molecule has 1 amide bonds. The van der Waals surface area contributed by atoms with Gasteiger partial charge in [-0.05, 0) is 51.1 Å². The third kappa shape index (κ3) is 3.54. The van der Waals surface area contributed by atoms with Crippen LogP contribution in [-0.4, -0.2) is 22.8 Å². The Bertz CT molecular complexity index is 1090. The maximum atomic E-state index is 13.9. The van der Waals surface area contributed by atoms with Crippen LogP contribution in [0.25, 0.3) is 0 Å². The van der Waals surface area contributed by atoms with Crippen LogP contribution >= 0.6 is 0 Å². The van der Waals surface area contributed by atoms with Gasteiger partial charge >= 0.3 is 0 Å². The Kier molecular flexibility index (Phi) is 5.43. The first-order chi connectivity index (χ1) is 14.9. The van der Waals surface area contributed by atoms with Gasteiger partial charge in [-0.3, -0.25) is 15.0 Å². The van der Waals surface area contributed by atoms with Gasteiger partial charge in [-0.2, -0.15) is 0 Å². The van der Waals surface area contributed by atoms with E-state index in [0.29, 0.717) is 22.6 Å². The zero-order valence-corrected chi connectivity index (χ0v) is 17.9. The molecule has 160 valence electrons. The van der Waals surface area contributed by atoms with Crippen LogP contribution in [0.15, 0.2) is 94.8 Å². The number of fused-ring (bicyclic) bond motifs is 1. The van der Waals surface area contributed by atoms with Crippen molar-refractivity contribution in [2.75, 3.05) is 10.2 Å². The van der Waals surface area contributed by atoms with Gasteiger partial charge in [0.05, 0.1) is 23.2 Å². The fourth-order valence-corrected chi connectivity index (χ4v) is 4.23. The van der Waals surface area contributed by atoms with Crippen LogP contribution in [0.3, 0.4) is 0 Å². The molecule has 6 nitrogen and oxygen atoms in total. The number of hydrogen-bond acceptors (Lipinski definition) is 5. The molecule has 31 heavy (non-hydrogen) atoms. The molecule has 0 spiro atoms. The predicted octanol–water partition coefficient (Wildman–Crippen LogP) is 4.42. The van der Waals surface area contributed by atoms with Gasteiger partial charge in [0, 0.05) is 16.8 Å². The van der Waals surface area contributed by atoms with Gasteiger partial charge < -0.3 is 14.8 Å². The number of furan rings is 1. The van der Waals surface area contributed by atoms with Gasteiger partial charge in [0.15, 0.2) is 0 Å². The van der Waals surface area contributed by atoms with Crippen molar-refractivity contribution in [2.24, 2.45) is 0 Å². The summed E-state index contributed by atoms with van der Waals surface area (Å²) in [6.07, 6.45) is 7.56. The highest BCUT2D eigenvalue weighted by molar-refractivity contribution is 6.10. The monoisotopic (exact) mass is 417 g/mol. The SMILES string of the molecule is C=C/C(=C\C=C/C)C(=O)N1c2ccccc2NC2=C(C(O)NC2(C)C)C1c1ccco1. The molecular weight excluding hydrogens is 390 g/mol. The number of anilines is 2. The topological polar surface area (TPSA) is 77.7 Å². The maximum absolute atomic E-state index is 13.9. The third-order valence-electron chi connectivity index (χ3n) is 5.65. The average Bonchev–Trinajstić information content (AvgIpc) is 3.30. The Morgan fingerprint density at radius 2 is 2.03 bits per heavy atom. The maximum Gasteiger partial charge on any atom is 0.259 e. The molecule has 4 rings (SSSR count). The molecule has 3 heterocycles. The standard InChI is InChI=1S/C25H27N3O3/c1-5-7-11-16(6-2)24(30)28-18-13-9-8-12-17(18)26-22-20(23(29)27-25(22,3)4)21(28)19-14-10-15-31-19/h5-15,21,23,26-27,29H,2H2,1,3-4H3/b7-5-,16-11+. The molecule has 3 N–H and O–H groups in total. The number of hydrogen-bond donors (Lipinski definition) is 3. The summed E-state index contributed by atoms with van der Waals surface area (Å²) in [6, 6.07) is 10.6. The number of nitrogens with zero attached hydrogens (tertiary/aromatic N) is 1. The van der Waals surface area contributed by atoms with Crippen molar-refractivity contribution in [1.82, 2.24) is 5.32 Å². The van der Waals surface area contributed by atoms with E-state index in [1.807, 2.05) is 57.2 Å². The number of benzene rings is 1. The zero-order chi connectivity index (χ0) is 22.2. The molecule has 6 heteroatoms. The minimum absolute atomic E-state index is 0.241. The molecule has 0 radical (unpaired) electrons. The molecule has 2 atom stereocenters. The predicted molar refractivity (Wildman–Crippen MR) is 122 cm³/mol.